The van der Waals surface area contributed by atoms with Crippen molar-refractivity contribution in [1.82, 2.24) is 5.32 Å². The molecule has 112 valence electrons. The SMILES string of the molecule is Cc1cc(C#CCNC(=O)OC(C)(C)C)ccc1C(=O)O. The van der Waals surface area contributed by atoms with Crippen LogP contribution in [0.15, 0.2) is 18.2 Å². The van der Waals surface area contributed by atoms with Gasteiger partial charge in [-0.3, -0.25) is 0 Å². The first-order chi connectivity index (χ1) is 9.69. The second-order valence-corrected chi connectivity index (χ2v) is 5.49. The van der Waals surface area contributed by atoms with Gasteiger partial charge in [0.15, 0.2) is 0 Å². The summed E-state index contributed by atoms with van der Waals surface area (Å²) >= 11 is 0. The van der Waals surface area contributed by atoms with E-state index in [0.717, 1.165) is 0 Å². The number of alkyl carbamates (subject to hydrolysis) is 1. The van der Waals surface area contributed by atoms with Gasteiger partial charge in [-0.1, -0.05) is 11.8 Å². The third-order valence-corrected chi connectivity index (χ3v) is 2.41. The Hall–Kier alpha value is -2.48. The number of ether oxygens (including phenoxy) is 1. The van der Waals surface area contributed by atoms with Crippen LogP contribution in [-0.4, -0.2) is 29.3 Å². The van der Waals surface area contributed by atoms with E-state index in [1.807, 2.05) is 0 Å². The molecule has 0 fully saturated rings. The van der Waals surface area contributed by atoms with E-state index in [1.165, 1.54) is 6.07 Å². The lowest BCUT2D eigenvalue weighted by molar-refractivity contribution is 0.0534. The molecule has 0 aromatic heterocycles. The average Bonchev–Trinajstić information content (AvgIpc) is 2.32. The number of nitrogens with one attached hydrogen (secondary N) is 1. The van der Waals surface area contributed by atoms with Crippen molar-refractivity contribution in [2.24, 2.45) is 0 Å². The van der Waals surface area contributed by atoms with Crippen LogP contribution in [0.2, 0.25) is 0 Å². The normalized spacial score (nSPS) is 10.3. The van der Waals surface area contributed by atoms with E-state index in [0.29, 0.717) is 11.1 Å². The molecule has 1 aromatic rings. The Kier molecular flexibility index (Phi) is 5.37. The van der Waals surface area contributed by atoms with E-state index in [2.05, 4.69) is 17.2 Å². The summed E-state index contributed by atoms with van der Waals surface area (Å²) < 4.78 is 5.07. The van der Waals surface area contributed by atoms with Gasteiger partial charge in [0.2, 0.25) is 0 Å². The highest BCUT2D eigenvalue weighted by Crippen LogP contribution is 2.10. The zero-order chi connectivity index (χ0) is 16.0. The van der Waals surface area contributed by atoms with E-state index in [1.54, 1.807) is 39.8 Å². The molecular formula is C16H19NO4. The minimum absolute atomic E-state index is 0.161. The number of rotatable bonds is 2. The van der Waals surface area contributed by atoms with Crippen LogP contribution in [0.25, 0.3) is 0 Å². The first-order valence-electron chi connectivity index (χ1n) is 6.49. The molecular weight excluding hydrogens is 270 g/mol. The van der Waals surface area contributed by atoms with Crippen molar-refractivity contribution in [1.29, 1.82) is 0 Å². The largest absolute Gasteiger partial charge is 0.478 e. The molecule has 0 aliphatic carbocycles. The molecule has 5 nitrogen and oxygen atoms in total. The van der Waals surface area contributed by atoms with E-state index in [4.69, 9.17) is 9.84 Å². The number of benzene rings is 1. The standard InChI is InChI=1S/C16H19NO4/c1-11-10-12(7-8-13(11)14(18)19)6-5-9-17-15(20)21-16(2,3)4/h7-8,10H,9H2,1-4H3,(H,17,20)(H,18,19). The van der Waals surface area contributed by atoms with Crippen LogP contribution in [0.3, 0.4) is 0 Å². The smallest absolute Gasteiger partial charge is 0.408 e. The Labute approximate surface area is 124 Å². The molecule has 0 unspecified atom stereocenters. The van der Waals surface area contributed by atoms with Gasteiger partial charge in [0.1, 0.15) is 5.60 Å². The Morgan fingerprint density at radius 2 is 2.00 bits per heavy atom. The topological polar surface area (TPSA) is 75.6 Å². The van der Waals surface area contributed by atoms with Crippen LogP contribution < -0.4 is 5.32 Å². The van der Waals surface area contributed by atoms with Gasteiger partial charge in [0.05, 0.1) is 12.1 Å². The summed E-state index contributed by atoms with van der Waals surface area (Å²) in [5.41, 5.74) is 1.06. The molecule has 0 aliphatic rings. The summed E-state index contributed by atoms with van der Waals surface area (Å²) in [6.45, 7) is 7.23. The summed E-state index contributed by atoms with van der Waals surface area (Å²) in [4.78, 5) is 22.3. The Bertz CT molecular complexity index is 603. The van der Waals surface area contributed by atoms with Gasteiger partial charge in [0, 0.05) is 5.56 Å². The number of amides is 1. The minimum atomic E-state index is -0.960. The van der Waals surface area contributed by atoms with Gasteiger partial charge in [-0.05, 0) is 51.5 Å². The highest BCUT2D eigenvalue weighted by Gasteiger charge is 2.15. The minimum Gasteiger partial charge on any atom is -0.478 e. The van der Waals surface area contributed by atoms with Crippen molar-refractivity contribution in [3.05, 3.63) is 34.9 Å². The van der Waals surface area contributed by atoms with Crippen LogP contribution in [-0.2, 0) is 4.74 Å². The van der Waals surface area contributed by atoms with E-state index >= 15 is 0 Å². The summed E-state index contributed by atoms with van der Waals surface area (Å²) in [6, 6.07) is 4.85. The lowest BCUT2D eigenvalue weighted by Gasteiger charge is -2.19. The van der Waals surface area contributed by atoms with Crippen LogP contribution in [0.1, 0.15) is 42.3 Å². The fourth-order valence-corrected chi connectivity index (χ4v) is 1.56. The van der Waals surface area contributed by atoms with E-state index < -0.39 is 17.7 Å². The van der Waals surface area contributed by atoms with E-state index in [-0.39, 0.29) is 12.1 Å². The first-order valence-corrected chi connectivity index (χ1v) is 6.49. The molecule has 0 heterocycles. The second kappa shape index (κ2) is 6.80. The quantitative estimate of drug-likeness (QED) is 0.820. The predicted octanol–water partition coefficient (Wildman–Crippen LogP) is 2.57. The number of carbonyl (C=O) groups excluding carboxylic acids is 1. The van der Waals surface area contributed by atoms with Gasteiger partial charge in [0.25, 0.3) is 0 Å². The monoisotopic (exact) mass is 289 g/mol. The molecule has 0 saturated heterocycles. The van der Waals surface area contributed by atoms with Gasteiger partial charge in [-0.25, -0.2) is 9.59 Å². The number of carboxylic acid groups (broad SMARTS) is 1. The van der Waals surface area contributed by atoms with Crippen molar-refractivity contribution in [3.8, 4) is 11.8 Å². The van der Waals surface area contributed by atoms with E-state index in [9.17, 15) is 9.59 Å². The van der Waals surface area contributed by atoms with Gasteiger partial charge in [-0.2, -0.15) is 0 Å². The molecule has 0 atom stereocenters. The predicted molar refractivity (Wildman–Crippen MR) is 79.3 cm³/mol. The number of carbonyl (C=O) groups is 2. The second-order valence-electron chi connectivity index (χ2n) is 5.49. The first kappa shape index (κ1) is 16.6. The number of aromatic carboxylic acids is 1. The molecule has 0 aliphatic heterocycles. The molecule has 0 saturated carbocycles. The van der Waals surface area contributed by atoms with Crippen LogP contribution in [0.4, 0.5) is 4.79 Å². The maximum absolute atomic E-state index is 11.4. The third kappa shape index (κ3) is 6.00. The molecule has 21 heavy (non-hydrogen) atoms. The maximum Gasteiger partial charge on any atom is 0.408 e. The molecule has 0 radical (unpaired) electrons. The maximum atomic E-state index is 11.4. The molecule has 0 bridgehead atoms. The van der Waals surface area contributed by atoms with Crippen molar-refractivity contribution in [2.45, 2.75) is 33.3 Å². The lowest BCUT2D eigenvalue weighted by atomic mass is 10.1. The van der Waals surface area contributed by atoms with Gasteiger partial charge >= 0.3 is 12.1 Å². The number of hydrogen-bond donors (Lipinski definition) is 2. The number of hydrogen-bond acceptors (Lipinski definition) is 3. The number of carboxylic acids is 1. The Balaban J connectivity index is 2.58. The van der Waals surface area contributed by atoms with Crippen molar-refractivity contribution >= 4 is 12.1 Å². The summed E-state index contributed by atoms with van der Waals surface area (Å²) in [5, 5.41) is 11.5. The molecule has 1 aromatic carbocycles. The molecule has 1 amide bonds. The van der Waals surface area contributed by atoms with Crippen molar-refractivity contribution in [2.75, 3.05) is 6.54 Å². The summed E-state index contributed by atoms with van der Waals surface area (Å²) in [5.74, 6) is 4.68. The Morgan fingerprint density at radius 1 is 1.33 bits per heavy atom. The molecule has 2 N–H and O–H groups in total. The van der Waals surface area contributed by atoms with Gasteiger partial charge in [-0.15, -0.1) is 0 Å². The lowest BCUT2D eigenvalue weighted by Crippen LogP contribution is -2.32. The molecule has 1 rings (SSSR count). The molecule has 5 heteroatoms. The fraction of sp³-hybridized carbons (Fsp3) is 0.375. The zero-order valence-electron chi connectivity index (χ0n) is 12.6. The average molecular weight is 289 g/mol. The Morgan fingerprint density at radius 3 is 2.52 bits per heavy atom. The van der Waals surface area contributed by atoms with Crippen molar-refractivity contribution < 1.29 is 19.4 Å². The third-order valence-electron chi connectivity index (χ3n) is 2.41. The summed E-state index contributed by atoms with van der Waals surface area (Å²) in [6.07, 6.45) is -0.519. The highest BCUT2D eigenvalue weighted by molar-refractivity contribution is 5.89. The van der Waals surface area contributed by atoms with Crippen molar-refractivity contribution in [3.63, 3.8) is 0 Å². The van der Waals surface area contributed by atoms with Gasteiger partial charge < -0.3 is 15.2 Å². The molecule has 0 spiro atoms. The zero-order valence-corrected chi connectivity index (χ0v) is 12.6. The van der Waals surface area contributed by atoms with Crippen LogP contribution in [0.5, 0.6) is 0 Å². The summed E-state index contributed by atoms with van der Waals surface area (Å²) in [7, 11) is 0. The van der Waals surface area contributed by atoms with Crippen LogP contribution >= 0.6 is 0 Å². The highest BCUT2D eigenvalue weighted by atomic mass is 16.6. The fourth-order valence-electron chi connectivity index (χ4n) is 1.56. The van der Waals surface area contributed by atoms with Crippen LogP contribution in [0, 0.1) is 18.8 Å². The number of aryl methyl sites for hydroxylation is 1.